The quantitative estimate of drug-likeness (QED) is 0.890. The fraction of sp³-hybridized carbons (Fsp3) is 0.600. The summed E-state index contributed by atoms with van der Waals surface area (Å²) in [4.78, 5) is 0. The molecule has 0 bridgehead atoms. The fourth-order valence-electron chi connectivity index (χ4n) is 3.47. The molecule has 1 aromatic rings. The Hall–Kier alpha value is -1.16. The lowest BCUT2D eigenvalue weighted by Crippen LogP contribution is -2.60. The van der Waals surface area contributed by atoms with Gasteiger partial charge >= 0.3 is 0 Å². The predicted molar refractivity (Wildman–Crippen MR) is 66.9 cm³/mol. The van der Waals surface area contributed by atoms with E-state index in [1.807, 2.05) is 0 Å². The van der Waals surface area contributed by atoms with Crippen LogP contribution in [0.3, 0.4) is 0 Å². The minimum absolute atomic E-state index is 0.0762. The van der Waals surface area contributed by atoms with Gasteiger partial charge in [0.2, 0.25) is 0 Å². The second-order valence-electron chi connectivity index (χ2n) is 5.73. The smallest absolute Gasteiger partial charge is 0.162 e. The number of hydrogen-bond donors (Lipinski definition) is 1. The molecule has 2 atom stereocenters. The Morgan fingerprint density at radius 1 is 1.11 bits per heavy atom. The largest absolute Gasteiger partial charge is 0.490 e. The molecule has 2 aliphatic rings. The van der Waals surface area contributed by atoms with Crippen LogP contribution in [0.1, 0.15) is 38.5 Å². The summed E-state index contributed by atoms with van der Waals surface area (Å²) in [6.07, 6.45) is 5.52. The molecule has 0 aliphatic heterocycles. The zero-order valence-electron chi connectivity index (χ0n) is 10.7. The Balaban J connectivity index is 1.74. The number of aliphatic hydroxyl groups is 1. The second kappa shape index (κ2) is 4.75. The van der Waals surface area contributed by atoms with Crippen molar-refractivity contribution < 1.29 is 18.6 Å². The van der Waals surface area contributed by atoms with Crippen molar-refractivity contribution in [2.75, 3.05) is 0 Å². The van der Waals surface area contributed by atoms with Gasteiger partial charge in [-0.3, -0.25) is 0 Å². The van der Waals surface area contributed by atoms with E-state index in [1.54, 1.807) is 0 Å². The molecule has 2 fully saturated rings. The van der Waals surface area contributed by atoms with Gasteiger partial charge in [0.05, 0.1) is 6.10 Å². The van der Waals surface area contributed by atoms with Crippen LogP contribution in [-0.4, -0.2) is 17.3 Å². The van der Waals surface area contributed by atoms with Crippen molar-refractivity contribution >= 4 is 0 Å². The monoisotopic (exact) mass is 268 g/mol. The molecule has 1 N–H and O–H groups in total. The van der Waals surface area contributed by atoms with Crippen LogP contribution in [0, 0.1) is 17.0 Å². The summed E-state index contributed by atoms with van der Waals surface area (Å²) in [5, 5.41) is 10.1. The summed E-state index contributed by atoms with van der Waals surface area (Å²) >= 11 is 0. The molecule has 2 saturated carbocycles. The predicted octanol–water partition coefficient (Wildman–Crippen LogP) is 3.43. The summed E-state index contributed by atoms with van der Waals surface area (Å²) in [6, 6.07) is 3.60. The third kappa shape index (κ3) is 2.12. The van der Waals surface area contributed by atoms with Gasteiger partial charge in [0, 0.05) is 17.9 Å². The molecular weight excluding hydrogens is 250 g/mol. The first-order valence-corrected chi connectivity index (χ1v) is 6.91. The van der Waals surface area contributed by atoms with Crippen molar-refractivity contribution in [1.29, 1.82) is 0 Å². The Morgan fingerprint density at radius 3 is 2.47 bits per heavy atom. The second-order valence-corrected chi connectivity index (χ2v) is 5.73. The van der Waals surface area contributed by atoms with Gasteiger partial charge in [0.1, 0.15) is 11.9 Å². The Labute approximate surface area is 111 Å². The van der Waals surface area contributed by atoms with Crippen LogP contribution in [0.2, 0.25) is 0 Å². The summed E-state index contributed by atoms with van der Waals surface area (Å²) in [5.74, 6) is -1.41. The average molecular weight is 268 g/mol. The first-order valence-electron chi connectivity index (χ1n) is 6.91. The van der Waals surface area contributed by atoms with Crippen molar-refractivity contribution in [2.45, 2.75) is 50.7 Å². The van der Waals surface area contributed by atoms with Crippen molar-refractivity contribution in [1.82, 2.24) is 0 Å². The number of rotatable bonds is 2. The van der Waals surface area contributed by atoms with Crippen LogP contribution in [0.4, 0.5) is 8.78 Å². The highest BCUT2D eigenvalue weighted by atomic mass is 19.2. The van der Waals surface area contributed by atoms with Gasteiger partial charge in [-0.25, -0.2) is 8.78 Å². The zero-order valence-corrected chi connectivity index (χ0v) is 10.7. The van der Waals surface area contributed by atoms with E-state index >= 15 is 0 Å². The average Bonchev–Trinajstić information content (AvgIpc) is 2.43. The van der Waals surface area contributed by atoms with Crippen molar-refractivity contribution in [3.05, 3.63) is 29.8 Å². The van der Waals surface area contributed by atoms with E-state index in [9.17, 15) is 13.9 Å². The third-order valence-electron chi connectivity index (χ3n) is 4.70. The highest BCUT2D eigenvalue weighted by molar-refractivity contribution is 5.25. The molecule has 0 radical (unpaired) electrons. The van der Waals surface area contributed by atoms with Crippen LogP contribution < -0.4 is 4.74 Å². The van der Waals surface area contributed by atoms with Crippen LogP contribution in [0.5, 0.6) is 5.75 Å². The van der Waals surface area contributed by atoms with E-state index in [0.717, 1.165) is 37.8 Å². The van der Waals surface area contributed by atoms with Gasteiger partial charge in [-0.05, 0) is 25.0 Å². The molecule has 0 aromatic heterocycles. The minimum Gasteiger partial charge on any atom is -0.490 e. The van der Waals surface area contributed by atoms with Gasteiger partial charge in [-0.2, -0.15) is 0 Å². The first-order chi connectivity index (χ1) is 9.12. The Bertz CT molecular complexity index is 469. The highest BCUT2D eigenvalue weighted by Crippen LogP contribution is 2.53. The van der Waals surface area contributed by atoms with E-state index in [2.05, 4.69) is 0 Å². The van der Waals surface area contributed by atoms with Crippen LogP contribution in [0.25, 0.3) is 0 Å². The fourth-order valence-corrected chi connectivity index (χ4v) is 3.47. The van der Waals surface area contributed by atoms with E-state index in [4.69, 9.17) is 4.74 Å². The van der Waals surface area contributed by atoms with E-state index in [-0.39, 0.29) is 17.6 Å². The van der Waals surface area contributed by atoms with Crippen molar-refractivity contribution in [3.8, 4) is 5.75 Å². The lowest BCUT2D eigenvalue weighted by atomic mass is 9.56. The SMILES string of the molecule is OC1CC(Oc2ccc(F)c(F)c2)C12CCCCC2. The lowest BCUT2D eigenvalue weighted by molar-refractivity contribution is -0.172. The van der Waals surface area contributed by atoms with E-state index in [0.29, 0.717) is 12.2 Å². The maximum absolute atomic E-state index is 13.2. The third-order valence-corrected chi connectivity index (χ3v) is 4.70. The Kier molecular flexibility index (Phi) is 3.21. The molecular formula is C15H18F2O2. The zero-order chi connectivity index (χ0) is 13.5. The molecule has 0 saturated heterocycles. The number of halogens is 2. The topological polar surface area (TPSA) is 29.5 Å². The molecule has 3 rings (SSSR count). The number of benzene rings is 1. The van der Waals surface area contributed by atoms with Gasteiger partial charge in [0.15, 0.2) is 11.6 Å². The van der Waals surface area contributed by atoms with Gasteiger partial charge in [-0.15, -0.1) is 0 Å². The molecule has 1 spiro atoms. The van der Waals surface area contributed by atoms with Crippen LogP contribution in [0.15, 0.2) is 18.2 Å². The van der Waals surface area contributed by atoms with E-state index in [1.165, 1.54) is 12.5 Å². The standard InChI is InChI=1S/C15H18F2O2/c16-11-5-4-10(8-12(11)17)19-14-9-13(18)15(14)6-2-1-3-7-15/h4-5,8,13-14,18H,1-3,6-7,9H2. The summed E-state index contributed by atoms with van der Waals surface area (Å²) in [7, 11) is 0. The molecule has 2 aliphatic carbocycles. The van der Waals surface area contributed by atoms with Gasteiger partial charge in [-0.1, -0.05) is 19.3 Å². The van der Waals surface area contributed by atoms with Crippen LogP contribution in [-0.2, 0) is 0 Å². The molecule has 4 heteroatoms. The highest BCUT2D eigenvalue weighted by Gasteiger charge is 2.56. The van der Waals surface area contributed by atoms with E-state index < -0.39 is 11.6 Å². The first kappa shape index (κ1) is 12.9. The number of hydrogen-bond acceptors (Lipinski definition) is 2. The summed E-state index contributed by atoms with van der Waals surface area (Å²) < 4.78 is 31.8. The summed E-state index contributed by atoms with van der Waals surface area (Å²) in [6.45, 7) is 0. The molecule has 1 aromatic carbocycles. The molecule has 2 unspecified atom stereocenters. The van der Waals surface area contributed by atoms with Crippen molar-refractivity contribution in [3.63, 3.8) is 0 Å². The van der Waals surface area contributed by atoms with Gasteiger partial charge in [0.25, 0.3) is 0 Å². The van der Waals surface area contributed by atoms with Crippen LogP contribution >= 0.6 is 0 Å². The molecule has 0 heterocycles. The summed E-state index contributed by atoms with van der Waals surface area (Å²) in [5.41, 5.74) is -0.164. The molecule has 104 valence electrons. The molecule has 19 heavy (non-hydrogen) atoms. The van der Waals surface area contributed by atoms with Crippen molar-refractivity contribution in [2.24, 2.45) is 5.41 Å². The Morgan fingerprint density at radius 2 is 1.84 bits per heavy atom. The molecule has 2 nitrogen and oxygen atoms in total. The van der Waals surface area contributed by atoms with Gasteiger partial charge < -0.3 is 9.84 Å². The molecule has 0 amide bonds. The maximum atomic E-state index is 13.2. The number of ether oxygens (including phenoxy) is 1. The number of aliphatic hydroxyl groups excluding tert-OH is 1. The normalized spacial score (nSPS) is 29.0. The minimum atomic E-state index is -0.893. The maximum Gasteiger partial charge on any atom is 0.162 e. The lowest BCUT2D eigenvalue weighted by Gasteiger charge is -2.55.